The first-order valence-electron chi connectivity index (χ1n) is 8.80. The Morgan fingerprint density at radius 1 is 0.818 bits per heavy atom. The second-order valence-electron chi connectivity index (χ2n) is 5.26. The standard InChI is InChI=1S/C18H36O4/c1-4-21-18(22-5-2)15-13-11-9-7-6-8-10-12-14-16-20-17-19-3/h10,12,18H,4-9,11,13-17H2,1-3H3. The molecule has 0 radical (unpaired) electrons. The van der Waals surface area contributed by atoms with Crippen molar-refractivity contribution < 1.29 is 18.9 Å². The van der Waals surface area contributed by atoms with Gasteiger partial charge in [0.05, 0.1) is 6.61 Å². The predicted molar refractivity (Wildman–Crippen MR) is 90.9 cm³/mol. The molecule has 0 unspecified atom stereocenters. The van der Waals surface area contributed by atoms with Gasteiger partial charge in [0.15, 0.2) is 6.29 Å². The predicted octanol–water partition coefficient (Wildman–Crippen LogP) is 4.68. The van der Waals surface area contributed by atoms with Crippen molar-refractivity contribution in [1.82, 2.24) is 0 Å². The molecule has 0 N–H and O–H groups in total. The smallest absolute Gasteiger partial charge is 0.157 e. The van der Waals surface area contributed by atoms with Gasteiger partial charge in [-0.05, 0) is 46.0 Å². The minimum Gasteiger partial charge on any atom is -0.359 e. The normalized spacial score (nSPS) is 11.8. The molecule has 4 heteroatoms. The van der Waals surface area contributed by atoms with Gasteiger partial charge in [0, 0.05) is 20.3 Å². The lowest BCUT2D eigenvalue weighted by Crippen LogP contribution is -2.17. The van der Waals surface area contributed by atoms with Gasteiger partial charge in [-0.3, -0.25) is 0 Å². The quantitative estimate of drug-likeness (QED) is 0.222. The maximum absolute atomic E-state index is 5.54. The molecule has 132 valence electrons. The zero-order valence-corrected chi connectivity index (χ0v) is 14.9. The van der Waals surface area contributed by atoms with E-state index in [0.717, 1.165) is 32.7 Å². The van der Waals surface area contributed by atoms with Gasteiger partial charge < -0.3 is 18.9 Å². The van der Waals surface area contributed by atoms with Gasteiger partial charge in [0.25, 0.3) is 0 Å². The molecule has 0 aliphatic carbocycles. The van der Waals surface area contributed by atoms with Gasteiger partial charge in [-0.15, -0.1) is 0 Å². The Bertz CT molecular complexity index is 225. The molecule has 4 nitrogen and oxygen atoms in total. The van der Waals surface area contributed by atoms with Crippen molar-refractivity contribution in [3.8, 4) is 0 Å². The Morgan fingerprint density at radius 2 is 1.45 bits per heavy atom. The summed E-state index contributed by atoms with van der Waals surface area (Å²) in [6.45, 7) is 6.62. The van der Waals surface area contributed by atoms with Crippen LogP contribution in [0.2, 0.25) is 0 Å². The van der Waals surface area contributed by atoms with Crippen LogP contribution in [0.25, 0.3) is 0 Å². The summed E-state index contributed by atoms with van der Waals surface area (Å²) in [5, 5.41) is 0. The van der Waals surface area contributed by atoms with E-state index in [1.165, 1.54) is 38.5 Å². The summed E-state index contributed by atoms with van der Waals surface area (Å²) in [5.41, 5.74) is 0. The van der Waals surface area contributed by atoms with E-state index in [0.29, 0.717) is 6.79 Å². The van der Waals surface area contributed by atoms with Gasteiger partial charge in [0.2, 0.25) is 0 Å². The van der Waals surface area contributed by atoms with Crippen LogP contribution in [-0.2, 0) is 18.9 Å². The highest BCUT2D eigenvalue weighted by molar-refractivity contribution is 4.81. The fourth-order valence-electron chi connectivity index (χ4n) is 2.22. The Morgan fingerprint density at radius 3 is 2.14 bits per heavy atom. The maximum atomic E-state index is 5.54. The van der Waals surface area contributed by atoms with Crippen LogP contribution in [0.3, 0.4) is 0 Å². The molecule has 0 saturated heterocycles. The third-order valence-electron chi connectivity index (χ3n) is 3.31. The van der Waals surface area contributed by atoms with Gasteiger partial charge >= 0.3 is 0 Å². The molecule has 0 spiro atoms. The first-order chi connectivity index (χ1) is 10.8. The molecular weight excluding hydrogens is 280 g/mol. The average Bonchev–Trinajstić information content (AvgIpc) is 2.52. The molecule has 0 amide bonds. The minimum atomic E-state index is -0.00161. The van der Waals surface area contributed by atoms with Crippen molar-refractivity contribution >= 4 is 0 Å². The van der Waals surface area contributed by atoms with E-state index in [4.69, 9.17) is 18.9 Å². The monoisotopic (exact) mass is 316 g/mol. The van der Waals surface area contributed by atoms with Crippen LogP contribution in [0, 0.1) is 0 Å². The second kappa shape index (κ2) is 18.6. The van der Waals surface area contributed by atoms with Crippen LogP contribution in [-0.4, -0.2) is 40.0 Å². The lowest BCUT2D eigenvalue weighted by molar-refractivity contribution is -0.140. The topological polar surface area (TPSA) is 36.9 Å². The minimum absolute atomic E-state index is 0.00161. The Kier molecular flexibility index (Phi) is 18.3. The number of ether oxygens (including phenoxy) is 4. The molecule has 22 heavy (non-hydrogen) atoms. The highest BCUT2D eigenvalue weighted by atomic mass is 16.7. The van der Waals surface area contributed by atoms with E-state index in [2.05, 4.69) is 12.2 Å². The zero-order valence-electron chi connectivity index (χ0n) is 14.9. The summed E-state index contributed by atoms with van der Waals surface area (Å²) < 4.78 is 21.1. The highest BCUT2D eigenvalue weighted by Gasteiger charge is 2.06. The maximum Gasteiger partial charge on any atom is 0.157 e. The average molecular weight is 316 g/mol. The van der Waals surface area contributed by atoms with Crippen LogP contribution in [0.5, 0.6) is 0 Å². The largest absolute Gasteiger partial charge is 0.359 e. The van der Waals surface area contributed by atoms with Crippen LogP contribution >= 0.6 is 0 Å². The third-order valence-corrected chi connectivity index (χ3v) is 3.31. The van der Waals surface area contributed by atoms with Gasteiger partial charge in [-0.1, -0.05) is 31.4 Å². The van der Waals surface area contributed by atoms with Gasteiger partial charge in [0.1, 0.15) is 6.79 Å². The number of hydrogen-bond acceptors (Lipinski definition) is 4. The summed E-state index contributed by atoms with van der Waals surface area (Å²) in [6, 6.07) is 0. The van der Waals surface area contributed by atoms with Crippen molar-refractivity contribution in [2.75, 3.05) is 33.7 Å². The number of rotatable bonds is 17. The number of hydrogen-bond donors (Lipinski definition) is 0. The fraction of sp³-hybridized carbons (Fsp3) is 0.889. The number of unbranched alkanes of at least 4 members (excludes halogenated alkanes) is 5. The van der Waals surface area contributed by atoms with Crippen LogP contribution < -0.4 is 0 Å². The van der Waals surface area contributed by atoms with Gasteiger partial charge in [-0.2, -0.15) is 0 Å². The molecule has 0 aromatic rings. The molecule has 0 aromatic carbocycles. The summed E-state index contributed by atoms with van der Waals surface area (Å²) in [5.74, 6) is 0. The lowest BCUT2D eigenvalue weighted by atomic mass is 10.1. The zero-order chi connectivity index (χ0) is 16.3. The van der Waals surface area contributed by atoms with Crippen LogP contribution in [0.15, 0.2) is 12.2 Å². The molecule has 0 rings (SSSR count). The van der Waals surface area contributed by atoms with Crippen molar-refractivity contribution in [1.29, 1.82) is 0 Å². The molecule has 0 aliphatic heterocycles. The molecule has 0 atom stereocenters. The third kappa shape index (κ3) is 16.0. The van der Waals surface area contributed by atoms with Crippen LogP contribution in [0.1, 0.15) is 65.2 Å². The fourth-order valence-corrected chi connectivity index (χ4v) is 2.22. The van der Waals surface area contributed by atoms with Crippen LogP contribution in [0.4, 0.5) is 0 Å². The molecule has 0 aromatic heterocycles. The number of allylic oxidation sites excluding steroid dienone is 1. The first-order valence-corrected chi connectivity index (χ1v) is 8.80. The molecule has 0 bridgehead atoms. The summed E-state index contributed by atoms with van der Waals surface area (Å²) in [7, 11) is 1.64. The molecule has 0 saturated carbocycles. The van der Waals surface area contributed by atoms with E-state index in [-0.39, 0.29) is 6.29 Å². The van der Waals surface area contributed by atoms with Crippen molar-refractivity contribution in [3.63, 3.8) is 0 Å². The van der Waals surface area contributed by atoms with E-state index in [1.54, 1.807) is 7.11 Å². The number of methoxy groups -OCH3 is 1. The van der Waals surface area contributed by atoms with E-state index < -0.39 is 0 Å². The lowest BCUT2D eigenvalue weighted by Gasteiger charge is -2.16. The van der Waals surface area contributed by atoms with Crippen molar-refractivity contribution in [2.24, 2.45) is 0 Å². The van der Waals surface area contributed by atoms with Crippen molar-refractivity contribution in [2.45, 2.75) is 71.5 Å². The Labute approximate surface area is 137 Å². The van der Waals surface area contributed by atoms with Gasteiger partial charge in [-0.25, -0.2) is 0 Å². The molecular formula is C18H36O4. The molecule has 0 aliphatic rings. The van der Waals surface area contributed by atoms with E-state index in [9.17, 15) is 0 Å². The summed E-state index contributed by atoms with van der Waals surface area (Å²) in [6.07, 6.45) is 14.0. The second-order valence-corrected chi connectivity index (χ2v) is 5.26. The SMILES string of the molecule is CCOC(CCCCCCCC=CCCOCOC)OCC. The highest BCUT2D eigenvalue weighted by Crippen LogP contribution is 2.11. The molecule has 0 heterocycles. The van der Waals surface area contributed by atoms with E-state index in [1.807, 2.05) is 13.8 Å². The Hall–Kier alpha value is -0.420. The summed E-state index contributed by atoms with van der Waals surface area (Å²) >= 11 is 0. The summed E-state index contributed by atoms with van der Waals surface area (Å²) in [4.78, 5) is 0. The van der Waals surface area contributed by atoms with E-state index >= 15 is 0 Å². The Balaban J connectivity index is 3.26. The molecule has 0 fully saturated rings. The first kappa shape index (κ1) is 21.6. The van der Waals surface area contributed by atoms with Crippen molar-refractivity contribution in [3.05, 3.63) is 12.2 Å².